The second-order valence-corrected chi connectivity index (χ2v) is 7.74. The molecule has 6 nitrogen and oxygen atoms in total. The molecule has 1 aliphatic rings. The third-order valence-corrected chi connectivity index (χ3v) is 5.64. The fourth-order valence-corrected chi connectivity index (χ4v) is 3.58. The molecule has 0 aliphatic carbocycles. The highest BCUT2D eigenvalue weighted by Gasteiger charge is 2.35. The van der Waals surface area contributed by atoms with E-state index >= 15 is 0 Å². The highest BCUT2D eigenvalue weighted by Crippen LogP contribution is 2.38. The molecule has 0 aromatic heterocycles. The van der Waals surface area contributed by atoms with E-state index < -0.39 is 11.8 Å². The van der Waals surface area contributed by atoms with Gasteiger partial charge < -0.3 is 9.47 Å². The Morgan fingerprint density at radius 3 is 2.27 bits per heavy atom. The van der Waals surface area contributed by atoms with Gasteiger partial charge in [-0.3, -0.25) is 19.4 Å². The van der Waals surface area contributed by atoms with Crippen LogP contribution in [0, 0.1) is 5.82 Å². The monoisotopic (exact) mass is 492 g/mol. The number of likely N-dealkylation sites (N-methyl/N-ethyl adjacent to an activating group) is 2. The van der Waals surface area contributed by atoms with Crippen LogP contribution < -0.4 is 9.47 Å². The molecule has 1 saturated heterocycles. The summed E-state index contributed by atoms with van der Waals surface area (Å²) < 4.78 is 24.9. The van der Waals surface area contributed by atoms with Crippen molar-refractivity contribution in [3.8, 4) is 11.5 Å². The molecule has 9 heteroatoms. The Kier molecular flexibility index (Phi) is 6.52. The molecule has 0 spiro atoms. The number of thiocarbonyl (C=S) groups is 1. The topological polar surface area (TPSA) is 59.1 Å². The Balaban J connectivity index is 1.90. The SMILES string of the molecule is COc1cc(C=C2C(=O)N(C)C(=S)N(C)C2=O)cc(Br)c1OCc1ccc(F)cc1. The van der Waals surface area contributed by atoms with Crippen molar-refractivity contribution < 1.29 is 23.5 Å². The third kappa shape index (κ3) is 4.36. The number of hydrogen-bond donors (Lipinski definition) is 0. The number of methoxy groups -OCH3 is 1. The number of carbonyl (C=O) groups is 2. The zero-order chi connectivity index (χ0) is 22.0. The van der Waals surface area contributed by atoms with Crippen LogP contribution in [0.2, 0.25) is 0 Å². The van der Waals surface area contributed by atoms with E-state index in [1.807, 2.05) is 0 Å². The van der Waals surface area contributed by atoms with Gasteiger partial charge in [0.2, 0.25) is 0 Å². The molecule has 2 amide bonds. The zero-order valence-corrected chi connectivity index (χ0v) is 18.8. The van der Waals surface area contributed by atoms with E-state index in [0.29, 0.717) is 21.5 Å². The van der Waals surface area contributed by atoms with Gasteiger partial charge in [-0.15, -0.1) is 0 Å². The lowest BCUT2D eigenvalue weighted by molar-refractivity contribution is -0.132. The minimum Gasteiger partial charge on any atom is -0.493 e. The van der Waals surface area contributed by atoms with Crippen LogP contribution in [0.15, 0.2) is 46.4 Å². The molecule has 1 aliphatic heterocycles. The molecule has 1 heterocycles. The van der Waals surface area contributed by atoms with Crippen molar-refractivity contribution in [3.05, 3.63) is 63.4 Å². The number of benzene rings is 2. The molecular weight excluding hydrogens is 475 g/mol. The fraction of sp³-hybridized carbons (Fsp3) is 0.190. The maximum atomic E-state index is 13.1. The quantitative estimate of drug-likeness (QED) is 0.361. The Bertz CT molecular complexity index is 1030. The van der Waals surface area contributed by atoms with Gasteiger partial charge in [0, 0.05) is 14.1 Å². The number of halogens is 2. The van der Waals surface area contributed by atoms with Crippen molar-refractivity contribution in [2.45, 2.75) is 6.61 Å². The summed E-state index contributed by atoms with van der Waals surface area (Å²) in [7, 11) is 4.52. The minimum absolute atomic E-state index is 0.0115. The summed E-state index contributed by atoms with van der Waals surface area (Å²) in [6, 6.07) is 9.35. The molecule has 0 bridgehead atoms. The summed E-state index contributed by atoms with van der Waals surface area (Å²) in [5.41, 5.74) is 1.35. The van der Waals surface area contributed by atoms with Crippen LogP contribution in [0.4, 0.5) is 4.39 Å². The largest absolute Gasteiger partial charge is 0.493 e. The molecule has 0 unspecified atom stereocenters. The number of ether oxygens (including phenoxy) is 2. The summed E-state index contributed by atoms with van der Waals surface area (Å²) in [6.07, 6.45) is 1.48. The van der Waals surface area contributed by atoms with E-state index in [2.05, 4.69) is 15.9 Å². The second kappa shape index (κ2) is 8.93. The average molecular weight is 493 g/mol. The van der Waals surface area contributed by atoms with Crippen LogP contribution in [-0.2, 0) is 16.2 Å². The smallest absolute Gasteiger partial charge is 0.265 e. The molecule has 3 rings (SSSR count). The van der Waals surface area contributed by atoms with Gasteiger partial charge in [0.05, 0.1) is 11.6 Å². The number of hydrogen-bond acceptors (Lipinski definition) is 5. The summed E-state index contributed by atoms with van der Waals surface area (Å²) in [5, 5.41) is 0.144. The normalized spacial score (nSPS) is 14.3. The van der Waals surface area contributed by atoms with E-state index in [9.17, 15) is 14.0 Å². The standard InChI is InChI=1S/C21H18BrFN2O4S/c1-24-19(26)15(20(27)25(2)21(24)30)8-13-9-16(22)18(17(10-13)28-3)29-11-12-4-6-14(23)7-5-12/h4-10H,11H2,1-3H3. The zero-order valence-electron chi connectivity index (χ0n) is 16.4. The Hall–Kier alpha value is -2.78. The van der Waals surface area contributed by atoms with Crippen molar-refractivity contribution in [2.75, 3.05) is 21.2 Å². The van der Waals surface area contributed by atoms with Gasteiger partial charge in [-0.05, 0) is 69.6 Å². The van der Waals surface area contributed by atoms with Crippen LogP contribution in [0.3, 0.4) is 0 Å². The molecule has 2 aromatic rings. The van der Waals surface area contributed by atoms with Crippen molar-refractivity contribution in [1.29, 1.82) is 0 Å². The molecule has 2 aromatic carbocycles. The van der Waals surface area contributed by atoms with Crippen LogP contribution in [-0.4, -0.2) is 47.9 Å². The van der Waals surface area contributed by atoms with Crippen molar-refractivity contribution in [3.63, 3.8) is 0 Å². The Morgan fingerprint density at radius 2 is 1.70 bits per heavy atom. The first-order valence-electron chi connectivity index (χ1n) is 8.79. The third-order valence-electron chi connectivity index (χ3n) is 4.50. The molecule has 156 valence electrons. The first-order chi connectivity index (χ1) is 14.2. The van der Waals surface area contributed by atoms with Crippen LogP contribution in [0.5, 0.6) is 11.5 Å². The number of carbonyl (C=O) groups excluding carboxylic acids is 2. The molecule has 30 heavy (non-hydrogen) atoms. The second-order valence-electron chi connectivity index (χ2n) is 6.52. The summed E-state index contributed by atoms with van der Waals surface area (Å²) >= 11 is 8.54. The van der Waals surface area contributed by atoms with E-state index in [4.69, 9.17) is 21.7 Å². The van der Waals surface area contributed by atoms with E-state index in [-0.39, 0.29) is 23.1 Å². The van der Waals surface area contributed by atoms with Gasteiger partial charge >= 0.3 is 0 Å². The molecule has 0 atom stereocenters. The number of amides is 2. The van der Waals surface area contributed by atoms with E-state index in [1.165, 1.54) is 49.2 Å². The van der Waals surface area contributed by atoms with Crippen molar-refractivity contribution in [1.82, 2.24) is 9.80 Å². The lowest BCUT2D eigenvalue weighted by atomic mass is 10.1. The van der Waals surface area contributed by atoms with Gasteiger partial charge in [-0.25, -0.2) is 4.39 Å². The fourth-order valence-electron chi connectivity index (χ4n) is 2.84. The maximum Gasteiger partial charge on any atom is 0.265 e. The van der Waals surface area contributed by atoms with Gasteiger partial charge in [0.15, 0.2) is 16.6 Å². The predicted molar refractivity (Wildman–Crippen MR) is 118 cm³/mol. The van der Waals surface area contributed by atoms with Gasteiger partial charge in [0.25, 0.3) is 11.8 Å². The summed E-state index contributed by atoms with van der Waals surface area (Å²) in [5.74, 6) is -0.421. The molecule has 0 N–H and O–H groups in total. The van der Waals surface area contributed by atoms with Crippen LogP contribution in [0.25, 0.3) is 6.08 Å². The van der Waals surface area contributed by atoms with Crippen LogP contribution >= 0.6 is 28.1 Å². The minimum atomic E-state index is -0.477. The first-order valence-corrected chi connectivity index (χ1v) is 9.99. The first kappa shape index (κ1) is 21.9. The average Bonchev–Trinajstić information content (AvgIpc) is 2.74. The Morgan fingerprint density at radius 1 is 1.10 bits per heavy atom. The highest BCUT2D eigenvalue weighted by molar-refractivity contribution is 9.10. The Labute approximate surface area is 187 Å². The van der Waals surface area contributed by atoms with E-state index in [1.54, 1.807) is 24.3 Å². The predicted octanol–water partition coefficient (Wildman–Crippen LogP) is 3.77. The van der Waals surface area contributed by atoms with Crippen molar-refractivity contribution >= 4 is 51.2 Å². The molecule has 0 radical (unpaired) electrons. The summed E-state index contributed by atoms with van der Waals surface area (Å²) in [6.45, 7) is 0.208. The highest BCUT2D eigenvalue weighted by atomic mass is 79.9. The van der Waals surface area contributed by atoms with Gasteiger partial charge in [-0.1, -0.05) is 12.1 Å². The number of nitrogens with zero attached hydrogens (tertiary/aromatic N) is 2. The number of rotatable bonds is 5. The summed E-state index contributed by atoms with van der Waals surface area (Å²) in [4.78, 5) is 27.5. The molecule has 0 saturated carbocycles. The van der Waals surface area contributed by atoms with Crippen molar-refractivity contribution in [2.24, 2.45) is 0 Å². The van der Waals surface area contributed by atoms with Gasteiger partial charge in [-0.2, -0.15) is 0 Å². The molecule has 1 fully saturated rings. The lowest BCUT2D eigenvalue weighted by Crippen LogP contribution is -2.52. The van der Waals surface area contributed by atoms with E-state index in [0.717, 1.165) is 5.56 Å². The van der Waals surface area contributed by atoms with Gasteiger partial charge in [0.1, 0.15) is 18.0 Å². The maximum absolute atomic E-state index is 13.1. The van der Waals surface area contributed by atoms with Crippen LogP contribution in [0.1, 0.15) is 11.1 Å². The molecular formula is C21H18BrFN2O4S. The lowest BCUT2D eigenvalue weighted by Gasteiger charge is -2.31.